The first-order chi connectivity index (χ1) is 9.38. The van der Waals surface area contributed by atoms with Crippen molar-refractivity contribution in [2.24, 2.45) is 0 Å². The molecule has 2 aromatic carbocycles. The van der Waals surface area contributed by atoms with Crippen LogP contribution in [0.5, 0.6) is 0 Å². The molecule has 0 radical (unpaired) electrons. The quantitative estimate of drug-likeness (QED) is 0.824. The molecule has 0 heterocycles. The Morgan fingerprint density at radius 3 is 2.60 bits per heavy atom. The van der Waals surface area contributed by atoms with Gasteiger partial charge in [-0.1, -0.05) is 17.7 Å². The average molecular weight is 293 g/mol. The molecule has 104 valence electrons. The molecule has 2 rings (SSSR count). The van der Waals surface area contributed by atoms with Crippen LogP contribution in [0.2, 0.25) is 5.02 Å². The van der Waals surface area contributed by atoms with E-state index in [0.717, 1.165) is 5.56 Å². The Balaban J connectivity index is 2.31. The van der Waals surface area contributed by atoms with Gasteiger partial charge in [0.1, 0.15) is 5.82 Å². The molecule has 0 aliphatic rings. The molecule has 0 aromatic heterocycles. The minimum Gasteiger partial charge on any atom is -0.398 e. The van der Waals surface area contributed by atoms with E-state index in [1.807, 2.05) is 6.92 Å². The molecule has 0 aliphatic carbocycles. The molecule has 0 saturated carbocycles. The Kier molecular flexibility index (Phi) is 3.95. The van der Waals surface area contributed by atoms with E-state index >= 15 is 0 Å². The van der Waals surface area contributed by atoms with Gasteiger partial charge in [0.05, 0.1) is 0 Å². The van der Waals surface area contributed by atoms with Crippen LogP contribution in [0.25, 0.3) is 0 Å². The van der Waals surface area contributed by atoms with E-state index in [4.69, 9.17) is 17.3 Å². The van der Waals surface area contributed by atoms with Crippen LogP contribution < -0.4 is 11.1 Å². The standard InChI is InChI=1S/C15H14ClFN2O/c1-8-3-4-11(16)7-14(8)19-15(20)10-5-12(17)9(2)13(18)6-10/h3-7H,18H2,1-2H3,(H,19,20). The fraction of sp³-hybridized carbons (Fsp3) is 0.133. The largest absolute Gasteiger partial charge is 0.398 e. The summed E-state index contributed by atoms with van der Waals surface area (Å²) in [5.74, 6) is -0.932. The van der Waals surface area contributed by atoms with Crippen LogP contribution in [-0.2, 0) is 0 Å². The van der Waals surface area contributed by atoms with Crippen LogP contribution >= 0.6 is 11.6 Å². The first-order valence-corrected chi connectivity index (χ1v) is 6.39. The van der Waals surface area contributed by atoms with Gasteiger partial charge >= 0.3 is 0 Å². The Bertz CT molecular complexity index is 663. The number of aryl methyl sites for hydroxylation is 1. The van der Waals surface area contributed by atoms with Gasteiger partial charge in [0, 0.05) is 27.5 Å². The average Bonchev–Trinajstić information content (AvgIpc) is 2.39. The molecule has 0 saturated heterocycles. The molecule has 0 fully saturated rings. The topological polar surface area (TPSA) is 55.1 Å². The summed E-state index contributed by atoms with van der Waals surface area (Å²) in [6, 6.07) is 7.79. The van der Waals surface area contributed by atoms with Gasteiger partial charge in [0.15, 0.2) is 0 Å². The number of hydrogen-bond acceptors (Lipinski definition) is 2. The highest BCUT2D eigenvalue weighted by Gasteiger charge is 2.12. The molecular weight excluding hydrogens is 279 g/mol. The number of nitrogen functional groups attached to an aromatic ring is 1. The van der Waals surface area contributed by atoms with Crippen molar-refractivity contribution in [2.45, 2.75) is 13.8 Å². The monoisotopic (exact) mass is 292 g/mol. The van der Waals surface area contributed by atoms with Gasteiger partial charge in [-0.3, -0.25) is 4.79 Å². The lowest BCUT2D eigenvalue weighted by molar-refractivity contribution is 0.102. The lowest BCUT2D eigenvalue weighted by atomic mass is 10.1. The molecule has 20 heavy (non-hydrogen) atoms. The first kappa shape index (κ1) is 14.3. The van der Waals surface area contributed by atoms with Gasteiger partial charge < -0.3 is 11.1 Å². The maximum atomic E-state index is 13.6. The highest BCUT2D eigenvalue weighted by Crippen LogP contribution is 2.22. The maximum Gasteiger partial charge on any atom is 0.255 e. The number of hydrogen-bond donors (Lipinski definition) is 2. The molecule has 0 spiro atoms. The molecule has 1 amide bonds. The molecule has 3 N–H and O–H groups in total. The number of rotatable bonds is 2. The third-order valence-corrected chi connectivity index (χ3v) is 3.33. The second-order valence-electron chi connectivity index (χ2n) is 4.59. The summed E-state index contributed by atoms with van der Waals surface area (Å²) < 4.78 is 13.6. The second-order valence-corrected chi connectivity index (χ2v) is 5.02. The second kappa shape index (κ2) is 5.51. The van der Waals surface area contributed by atoms with E-state index in [9.17, 15) is 9.18 Å². The number of carbonyl (C=O) groups is 1. The minimum atomic E-state index is -0.502. The third kappa shape index (κ3) is 2.91. The zero-order valence-corrected chi connectivity index (χ0v) is 11.9. The van der Waals surface area contributed by atoms with Gasteiger partial charge in [-0.05, 0) is 43.7 Å². The van der Waals surface area contributed by atoms with Crippen LogP contribution in [0, 0.1) is 19.7 Å². The molecular formula is C15H14ClFN2O. The zero-order chi connectivity index (χ0) is 14.9. The van der Waals surface area contributed by atoms with Crippen LogP contribution in [0.15, 0.2) is 30.3 Å². The first-order valence-electron chi connectivity index (χ1n) is 6.01. The lowest BCUT2D eigenvalue weighted by Crippen LogP contribution is -2.14. The van der Waals surface area contributed by atoms with Crippen LogP contribution in [0.1, 0.15) is 21.5 Å². The van der Waals surface area contributed by atoms with Crippen molar-refractivity contribution in [3.05, 3.63) is 57.9 Å². The van der Waals surface area contributed by atoms with E-state index in [1.165, 1.54) is 12.1 Å². The summed E-state index contributed by atoms with van der Waals surface area (Å²) in [7, 11) is 0. The molecule has 0 unspecified atom stereocenters. The van der Waals surface area contributed by atoms with Gasteiger partial charge in [0.2, 0.25) is 0 Å². The number of halogens is 2. The van der Waals surface area contributed by atoms with Crippen LogP contribution in [0.3, 0.4) is 0 Å². The molecule has 0 atom stereocenters. The Labute approximate surface area is 121 Å². The van der Waals surface area contributed by atoms with Crippen molar-refractivity contribution in [1.29, 1.82) is 0 Å². The van der Waals surface area contributed by atoms with E-state index < -0.39 is 11.7 Å². The molecule has 0 bridgehead atoms. The number of nitrogens with one attached hydrogen (secondary N) is 1. The number of nitrogens with two attached hydrogens (primary N) is 1. The number of carbonyl (C=O) groups excluding carboxylic acids is 1. The fourth-order valence-electron chi connectivity index (χ4n) is 1.75. The van der Waals surface area contributed by atoms with Gasteiger partial charge in [0.25, 0.3) is 5.91 Å². The minimum absolute atomic E-state index is 0.171. The predicted octanol–water partition coefficient (Wildman–Crippen LogP) is 3.93. The predicted molar refractivity (Wildman–Crippen MR) is 79.7 cm³/mol. The number of benzene rings is 2. The van der Waals surface area contributed by atoms with E-state index in [1.54, 1.807) is 25.1 Å². The summed E-state index contributed by atoms with van der Waals surface area (Å²) in [6.45, 7) is 3.41. The Morgan fingerprint density at radius 1 is 1.25 bits per heavy atom. The molecule has 5 heteroatoms. The molecule has 2 aromatic rings. The normalized spacial score (nSPS) is 10.4. The third-order valence-electron chi connectivity index (χ3n) is 3.09. The van der Waals surface area contributed by atoms with Crippen LogP contribution in [0.4, 0.5) is 15.8 Å². The summed E-state index contributed by atoms with van der Waals surface area (Å²) in [5, 5.41) is 3.21. The van der Waals surface area contributed by atoms with E-state index in [0.29, 0.717) is 16.3 Å². The SMILES string of the molecule is Cc1ccc(Cl)cc1NC(=O)c1cc(N)c(C)c(F)c1. The maximum absolute atomic E-state index is 13.6. The van der Waals surface area contributed by atoms with E-state index in [-0.39, 0.29) is 11.3 Å². The van der Waals surface area contributed by atoms with Gasteiger partial charge in [-0.25, -0.2) is 4.39 Å². The summed E-state index contributed by atoms with van der Waals surface area (Å²) in [6.07, 6.45) is 0. The lowest BCUT2D eigenvalue weighted by Gasteiger charge is -2.10. The van der Waals surface area contributed by atoms with Crippen molar-refractivity contribution in [2.75, 3.05) is 11.1 Å². The Hall–Kier alpha value is -2.07. The van der Waals surface area contributed by atoms with Crippen molar-refractivity contribution < 1.29 is 9.18 Å². The van der Waals surface area contributed by atoms with Crippen molar-refractivity contribution in [3.8, 4) is 0 Å². The number of anilines is 2. The Morgan fingerprint density at radius 2 is 1.95 bits per heavy atom. The zero-order valence-electron chi connectivity index (χ0n) is 11.1. The smallest absolute Gasteiger partial charge is 0.255 e. The van der Waals surface area contributed by atoms with Crippen molar-refractivity contribution in [3.63, 3.8) is 0 Å². The highest BCUT2D eigenvalue weighted by molar-refractivity contribution is 6.31. The summed E-state index contributed by atoms with van der Waals surface area (Å²) in [5.41, 5.74) is 7.87. The van der Waals surface area contributed by atoms with Crippen molar-refractivity contribution in [1.82, 2.24) is 0 Å². The van der Waals surface area contributed by atoms with Crippen molar-refractivity contribution >= 4 is 28.9 Å². The summed E-state index contributed by atoms with van der Waals surface area (Å²) >= 11 is 5.89. The van der Waals surface area contributed by atoms with Crippen LogP contribution in [-0.4, -0.2) is 5.91 Å². The highest BCUT2D eigenvalue weighted by atomic mass is 35.5. The number of amides is 1. The van der Waals surface area contributed by atoms with Gasteiger partial charge in [-0.15, -0.1) is 0 Å². The molecule has 3 nitrogen and oxygen atoms in total. The summed E-state index contributed by atoms with van der Waals surface area (Å²) in [4.78, 5) is 12.1. The van der Waals surface area contributed by atoms with Gasteiger partial charge in [-0.2, -0.15) is 0 Å². The fourth-order valence-corrected chi connectivity index (χ4v) is 1.93. The van der Waals surface area contributed by atoms with E-state index in [2.05, 4.69) is 5.32 Å². The molecule has 0 aliphatic heterocycles.